The molecule has 0 bridgehead atoms. The molecule has 1 amide bonds. The summed E-state index contributed by atoms with van der Waals surface area (Å²) in [5.74, 6) is -0.595. The third kappa shape index (κ3) is 4.02. The lowest BCUT2D eigenvalue weighted by Crippen LogP contribution is -2.49. The molecule has 176 valence electrons. The summed E-state index contributed by atoms with van der Waals surface area (Å²) in [6.45, 7) is 5.61. The maximum Gasteiger partial charge on any atom is 0.417 e. The van der Waals surface area contributed by atoms with Crippen molar-refractivity contribution in [1.29, 1.82) is 0 Å². The smallest absolute Gasteiger partial charge is 0.344 e. The number of hydrogen-bond acceptors (Lipinski definition) is 5. The van der Waals surface area contributed by atoms with E-state index in [4.69, 9.17) is 4.98 Å². The van der Waals surface area contributed by atoms with Gasteiger partial charge in [0.05, 0.1) is 27.2 Å². The molecule has 1 saturated heterocycles. The van der Waals surface area contributed by atoms with Crippen LogP contribution in [0.25, 0.3) is 16.0 Å². The third-order valence-electron chi connectivity index (χ3n) is 5.96. The lowest BCUT2D eigenvalue weighted by Gasteiger charge is -2.35. The Morgan fingerprint density at radius 1 is 0.971 bits per heavy atom. The zero-order valence-corrected chi connectivity index (χ0v) is 19.5. The zero-order chi connectivity index (χ0) is 24.0. The number of piperazine rings is 1. The average Bonchev–Trinajstić information content (AvgIpc) is 3.39. The van der Waals surface area contributed by atoms with Crippen molar-refractivity contribution in [2.24, 2.45) is 0 Å². The molecular weight excluding hydrogens is 463 g/mol. The van der Waals surface area contributed by atoms with E-state index >= 15 is 0 Å². The van der Waals surface area contributed by atoms with Gasteiger partial charge < -0.3 is 9.80 Å². The van der Waals surface area contributed by atoms with E-state index in [0.29, 0.717) is 26.2 Å². The highest BCUT2D eigenvalue weighted by Crippen LogP contribution is 2.34. The minimum Gasteiger partial charge on any atom is -0.344 e. The Morgan fingerprint density at radius 3 is 2.32 bits per heavy atom. The molecule has 0 aliphatic carbocycles. The van der Waals surface area contributed by atoms with Crippen LogP contribution in [0.4, 0.5) is 18.3 Å². The molecule has 0 spiro atoms. The fraction of sp³-hybridized carbons (Fsp3) is 0.292. The van der Waals surface area contributed by atoms with Crippen LogP contribution in [0.1, 0.15) is 27.2 Å². The topological polar surface area (TPSA) is 54.3 Å². The highest BCUT2D eigenvalue weighted by atomic mass is 32.1. The fourth-order valence-electron chi connectivity index (χ4n) is 4.11. The summed E-state index contributed by atoms with van der Waals surface area (Å²) in [7, 11) is 0. The van der Waals surface area contributed by atoms with E-state index in [9.17, 15) is 18.0 Å². The van der Waals surface area contributed by atoms with Crippen molar-refractivity contribution < 1.29 is 18.0 Å². The van der Waals surface area contributed by atoms with E-state index < -0.39 is 17.6 Å². The molecule has 2 aromatic carbocycles. The number of rotatable bonds is 3. The van der Waals surface area contributed by atoms with Crippen LogP contribution in [0.2, 0.25) is 0 Å². The minimum absolute atomic E-state index is 0.308. The second-order valence-electron chi connectivity index (χ2n) is 8.30. The Hall–Kier alpha value is -3.40. The summed E-state index contributed by atoms with van der Waals surface area (Å²) < 4.78 is 42.9. The highest BCUT2D eigenvalue weighted by molar-refractivity contribution is 7.22. The predicted octanol–water partition coefficient (Wildman–Crippen LogP) is 5.08. The number of carbonyl (C=O) groups is 1. The molecule has 0 radical (unpaired) electrons. The molecule has 4 aromatic rings. The molecule has 6 nitrogen and oxygen atoms in total. The first-order chi connectivity index (χ1) is 16.2. The minimum atomic E-state index is -4.57. The van der Waals surface area contributed by atoms with Crippen molar-refractivity contribution in [2.75, 3.05) is 31.1 Å². The predicted molar refractivity (Wildman–Crippen MR) is 126 cm³/mol. The summed E-state index contributed by atoms with van der Waals surface area (Å²) in [6, 6.07) is 13.0. The second kappa shape index (κ2) is 8.43. The fourth-order valence-corrected chi connectivity index (χ4v) is 5.15. The maximum absolute atomic E-state index is 13.3. The monoisotopic (exact) mass is 485 g/mol. The lowest BCUT2D eigenvalue weighted by atomic mass is 10.1. The molecule has 0 unspecified atom stereocenters. The standard InChI is InChI=1S/C24H22F3N5OS/c1-15-7-9-17(10-8-15)32-21-20(16(2)29-32)34-23(28-21)31-13-11-30(12-14-31)22(33)18-5-3-4-6-19(18)24(25,26)27/h3-10H,11-14H2,1-2H3. The van der Waals surface area contributed by atoms with Crippen molar-refractivity contribution in [1.82, 2.24) is 19.7 Å². The zero-order valence-electron chi connectivity index (χ0n) is 18.6. The number of nitrogens with zero attached hydrogens (tertiary/aromatic N) is 5. The van der Waals surface area contributed by atoms with Gasteiger partial charge in [-0.1, -0.05) is 41.2 Å². The van der Waals surface area contributed by atoms with Gasteiger partial charge in [0.25, 0.3) is 5.91 Å². The molecule has 34 heavy (non-hydrogen) atoms. The molecule has 0 N–H and O–H groups in total. The largest absolute Gasteiger partial charge is 0.417 e. The van der Waals surface area contributed by atoms with E-state index in [-0.39, 0.29) is 5.56 Å². The van der Waals surface area contributed by atoms with Crippen LogP contribution in [-0.4, -0.2) is 51.8 Å². The summed E-state index contributed by atoms with van der Waals surface area (Å²) in [5, 5.41) is 5.45. The van der Waals surface area contributed by atoms with Gasteiger partial charge in [0.15, 0.2) is 10.8 Å². The molecule has 10 heteroatoms. The van der Waals surface area contributed by atoms with Crippen LogP contribution in [-0.2, 0) is 6.18 Å². The molecule has 1 aliphatic rings. The first-order valence-electron chi connectivity index (χ1n) is 10.9. The second-order valence-corrected chi connectivity index (χ2v) is 9.28. The number of amides is 1. The molecule has 3 heterocycles. The van der Waals surface area contributed by atoms with Gasteiger partial charge in [0.2, 0.25) is 0 Å². The van der Waals surface area contributed by atoms with Crippen LogP contribution in [0.15, 0.2) is 48.5 Å². The van der Waals surface area contributed by atoms with Gasteiger partial charge in [-0.3, -0.25) is 4.79 Å². The Bertz CT molecular complexity index is 1350. The number of alkyl halides is 3. The van der Waals surface area contributed by atoms with Crippen molar-refractivity contribution in [2.45, 2.75) is 20.0 Å². The Kier molecular flexibility index (Phi) is 5.55. The summed E-state index contributed by atoms with van der Waals surface area (Å²) in [4.78, 5) is 21.2. The van der Waals surface area contributed by atoms with Gasteiger partial charge in [-0.25, -0.2) is 4.68 Å². The van der Waals surface area contributed by atoms with Crippen LogP contribution < -0.4 is 4.90 Å². The third-order valence-corrected chi connectivity index (χ3v) is 7.17. The number of thiazole rings is 1. The Balaban J connectivity index is 1.35. The van der Waals surface area contributed by atoms with Gasteiger partial charge in [0.1, 0.15) is 0 Å². The normalized spacial score (nSPS) is 14.7. The SMILES string of the molecule is Cc1ccc(-n2nc(C)c3sc(N4CCN(C(=O)c5ccccc5C(F)(F)F)CC4)nc32)cc1. The van der Waals surface area contributed by atoms with E-state index in [1.165, 1.54) is 23.1 Å². The van der Waals surface area contributed by atoms with Crippen molar-refractivity contribution >= 4 is 32.7 Å². The van der Waals surface area contributed by atoms with E-state index in [1.54, 1.807) is 11.3 Å². The molecule has 2 aromatic heterocycles. The number of hydrogen-bond donors (Lipinski definition) is 0. The van der Waals surface area contributed by atoms with Gasteiger partial charge in [-0.05, 0) is 38.1 Å². The summed E-state index contributed by atoms with van der Waals surface area (Å²) >= 11 is 1.54. The molecule has 0 saturated carbocycles. The Labute approximate surface area is 198 Å². The van der Waals surface area contributed by atoms with E-state index in [2.05, 4.69) is 10.00 Å². The van der Waals surface area contributed by atoms with Crippen LogP contribution in [0.3, 0.4) is 0 Å². The number of carbonyl (C=O) groups excluding carboxylic acids is 1. The number of benzene rings is 2. The van der Waals surface area contributed by atoms with Crippen molar-refractivity contribution in [3.05, 3.63) is 70.9 Å². The van der Waals surface area contributed by atoms with Crippen LogP contribution >= 0.6 is 11.3 Å². The first kappa shape index (κ1) is 22.4. The van der Waals surface area contributed by atoms with E-state index in [0.717, 1.165) is 38.5 Å². The van der Waals surface area contributed by atoms with Gasteiger partial charge in [0, 0.05) is 26.2 Å². The highest BCUT2D eigenvalue weighted by Gasteiger charge is 2.36. The molecular formula is C24H22F3N5OS. The van der Waals surface area contributed by atoms with E-state index in [1.807, 2.05) is 42.8 Å². The summed E-state index contributed by atoms with van der Waals surface area (Å²) in [6.07, 6.45) is -4.57. The molecule has 1 fully saturated rings. The van der Waals surface area contributed by atoms with Crippen molar-refractivity contribution in [3.63, 3.8) is 0 Å². The molecule has 5 rings (SSSR count). The average molecular weight is 486 g/mol. The Morgan fingerprint density at radius 2 is 1.65 bits per heavy atom. The molecule has 0 atom stereocenters. The quantitative estimate of drug-likeness (QED) is 0.406. The number of aromatic nitrogens is 3. The van der Waals surface area contributed by atoms with Crippen molar-refractivity contribution in [3.8, 4) is 5.69 Å². The number of fused-ring (bicyclic) bond motifs is 1. The van der Waals surface area contributed by atoms with Gasteiger partial charge in [-0.2, -0.15) is 23.3 Å². The van der Waals surface area contributed by atoms with Crippen LogP contribution in [0.5, 0.6) is 0 Å². The first-order valence-corrected chi connectivity index (χ1v) is 11.7. The van der Waals surface area contributed by atoms with Gasteiger partial charge in [-0.15, -0.1) is 0 Å². The summed E-state index contributed by atoms with van der Waals surface area (Å²) in [5.41, 5.74) is 2.55. The van der Waals surface area contributed by atoms with Crippen LogP contribution in [0, 0.1) is 13.8 Å². The molecule has 1 aliphatic heterocycles. The number of anilines is 1. The van der Waals surface area contributed by atoms with Gasteiger partial charge >= 0.3 is 6.18 Å². The lowest BCUT2D eigenvalue weighted by molar-refractivity contribution is -0.138. The maximum atomic E-state index is 13.3. The number of aryl methyl sites for hydroxylation is 2. The number of halogens is 3.